The number of carbonyl (C=O) groups excluding carboxylic acids is 2. The fourth-order valence-corrected chi connectivity index (χ4v) is 4.85. The number of allylic oxidation sites excluding steroid dienone is 3. The number of ketones is 1. The zero-order valence-electron chi connectivity index (χ0n) is 19.7. The van der Waals surface area contributed by atoms with Crippen molar-refractivity contribution in [2.45, 2.75) is 46.0 Å². The highest BCUT2D eigenvalue weighted by molar-refractivity contribution is 6.04. The summed E-state index contributed by atoms with van der Waals surface area (Å²) in [7, 11) is 1.61. The molecule has 1 heterocycles. The average molecular weight is 446 g/mol. The first-order valence-corrected chi connectivity index (χ1v) is 11.4. The molecule has 0 spiro atoms. The number of hydrogen-bond acceptors (Lipinski definition) is 5. The first-order valence-electron chi connectivity index (χ1n) is 11.4. The minimum atomic E-state index is -0.482. The molecule has 1 unspecified atom stereocenters. The van der Waals surface area contributed by atoms with E-state index in [1.807, 2.05) is 61.5 Å². The molecule has 0 amide bonds. The maximum absolute atomic E-state index is 13.4. The number of esters is 1. The lowest BCUT2D eigenvalue weighted by molar-refractivity contribution is -0.139. The Hall–Kier alpha value is -3.34. The molecule has 0 fully saturated rings. The molecule has 0 bridgehead atoms. The smallest absolute Gasteiger partial charge is 0.336 e. The summed E-state index contributed by atoms with van der Waals surface area (Å²) in [4.78, 5) is 26.7. The van der Waals surface area contributed by atoms with E-state index >= 15 is 0 Å². The Morgan fingerprint density at radius 1 is 1.09 bits per heavy atom. The van der Waals surface area contributed by atoms with Gasteiger partial charge in [-0.15, -0.1) is 0 Å². The molecule has 0 saturated carbocycles. The summed E-state index contributed by atoms with van der Waals surface area (Å²) in [5.74, 6) is -0.119. The lowest BCUT2D eigenvalue weighted by Crippen LogP contribution is -2.38. The van der Waals surface area contributed by atoms with Gasteiger partial charge in [0.05, 0.1) is 19.3 Å². The SMILES string of the molecule is COc1cccc(C2C(C(=O)OCCc3ccccc3)=C(C)NC3=C2C(=O)CC(C)(C)C3)c1. The van der Waals surface area contributed by atoms with Gasteiger partial charge in [0.15, 0.2) is 5.78 Å². The van der Waals surface area contributed by atoms with Gasteiger partial charge in [-0.2, -0.15) is 0 Å². The first kappa shape index (κ1) is 22.8. The average Bonchev–Trinajstić information content (AvgIpc) is 2.78. The van der Waals surface area contributed by atoms with Crippen molar-refractivity contribution in [3.05, 3.63) is 88.3 Å². The van der Waals surface area contributed by atoms with E-state index in [2.05, 4.69) is 19.2 Å². The van der Waals surface area contributed by atoms with E-state index in [-0.39, 0.29) is 17.8 Å². The maximum atomic E-state index is 13.4. The lowest BCUT2D eigenvalue weighted by atomic mass is 9.68. The van der Waals surface area contributed by atoms with Crippen molar-refractivity contribution in [3.8, 4) is 5.75 Å². The summed E-state index contributed by atoms with van der Waals surface area (Å²) in [6.07, 6.45) is 1.84. The van der Waals surface area contributed by atoms with Crippen molar-refractivity contribution in [2.24, 2.45) is 5.41 Å². The van der Waals surface area contributed by atoms with Crippen molar-refractivity contribution < 1.29 is 19.1 Å². The van der Waals surface area contributed by atoms with Gasteiger partial charge in [0.2, 0.25) is 0 Å². The molecule has 33 heavy (non-hydrogen) atoms. The van der Waals surface area contributed by atoms with E-state index in [1.54, 1.807) is 7.11 Å². The Bertz CT molecular complexity index is 1130. The van der Waals surface area contributed by atoms with Gasteiger partial charge in [0, 0.05) is 35.7 Å². The molecule has 172 valence electrons. The van der Waals surface area contributed by atoms with E-state index in [1.165, 1.54) is 0 Å². The Morgan fingerprint density at radius 2 is 1.85 bits per heavy atom. The molecule has 0 aromatic heterocycles. The molecule has 1 aliphatic carbocycles. The number of carbonyl (C=O) groups is 2. The van der Waals surface area contributed by atoms with E-state index < -0.39 is 11.9 Å². The second-order valence-electron chi connectivity index (χ2n) is 9.58. The predicted octanol–water partition coefficient (Wildman–Crippen LogP) is 5.09. The quantitative estimate of drug-likeness (QED) is 0.628. The van der Waals surface area contributed by atoms with E-state index in [0.717, 1.165) is 28.9 Å². The summed E-state index contributed by atoms with van der Waals surface area (Å²) in [5.41, 5.74) is 4.63. The second-order valence-corrected chi connectivity index (χ2v) is 9.58. The molecule has 1 atom stereocenters. The van der Waals surface area contributed by atoms with Crippen molar-refractivity contribution >= 4 is 11.8 Å². The molecule has 0 radical (unpaired) electrons. The van der Waals surface area contributed by atoms with Gasteiger partial charge in [0.1, 0.15) is 5.75 Å². The third-order valence-electron chi connectivity index (χ3n) is 6.35. The monoisotopic (exact) mass is 445 g/mol. The lowest BCUT2D eigenvalue weighted by Gasteiger charge is -2.39. The molecule has 2 aromatic rings. The summed E-state index contributed by atoms with van der Waals surface area (Å²) >= 11 is 0. The number of ether oxygens (including phenoxy) is 2. The zero-order chi connectivity index (χ0) is 23.6. The fraction of sp³-hybridized carbons (Fsp3) is 0.357. The topological polar surface area (TPSA) is 64.6 Å². The summed E-state index contributed by atoms with van der Waals surface area (Å²) < 4.78 is 11.1. The second kappa shape index (κ2) is 9.26. The van der Waals surface area contributed by atoms with Gasteiger partial charge in [0.25, 0.3) is 0 Å². The number of hydrogen-bond donors (Lipinski definition) is 1. The number of benzene rings is 2. The van der Waals surface area contributed by atoms with Crippen LogP contribution in [0.2, 0.25) is 0 Å². The minimum absolute atomic E-state index is 0.0728. The maximum Gasteiger partial charge on any atom is 0.336 e. The number of dihydropyridines is 1. The highest BCUT2D eigenvalue weighted by Crippen LogP contribution is 2.47. The minimum Gasteiger partial charge on any atom is -0.497 e. The predicted molar refractivity (Wildman–Crippen MR) is 128 cm³/mol. The van der Waals surface area contributed by atoms with Gasteiger partial charge < -0.3 is 14.8 Å². The molecule has 5 heteroatoms. The standard InChI is InChI=1S/C28H31NO4/c1-18-24(27(31)33-14-13-19-9-6-5-7-10-19)25(20-11-8-12-21(15-20)32-4)26-22(29-18)16-28(2,3)17-23(26)30/h5-12,15,25,29H,13-14,16-17H2,1-4H3. The van der Waals surface area contributed by atoms with E-state index in [9.17, 15) is 9.59 Å². The molecule has 2 aromatic carbocycles. The third-order valence-corrected chi connectivity index (χ3v) is 6.35. The Balaban J connectivity index is 1.68. The van der Waals surface area contributed by atoms with Crippen LogP contribution >= 0.6 is 0 Å². The van der Waals surface area contributed by atoms with Crippen LogP contribution in [0.15, 0.2) is 77.1 Å². The number of rotatable bonds is 6. The molecule has 2 aliphatic rings. The molecule has 5 nitrogen and oxygen atoms in total. The summed E-state index contributed by atoms with van der Waals surface area (Å²) in [5, 5.41) is 3.38. The Labute approximate surface area is 195 Å². The van der Waals surface area contributed by atoms with Gasteiger partial charge in [-0.3, -0.25) is 4.79 Å². The van der Waals surface area contributed by atoms with Crippen LogP contribution in [0.5, 0.6) is 5.75 Å². The van der Waals surface area contributed by atoms with Crippen molar-refractivity contribution in [2.75, 3.05) is 13.7 Å². The van der Waals surface area contributed by atoms with Crippen LogP contribution in [0.4, 0.5) is 0 Å². The van der Waals surface area contributed by atoms with Crippen LogP contribution in [-0.2, 0) is 20.7 Å². The summed E-state index contributed by atoms with van der Waals surface area (Å²) in [6.45, 7) is 6.36. The van der Waals surface area contributed by atoms with Crippen LogP contribution in [0.3, 0.4) is 0 Å². The third kappa shape index (κ3) is 4.87. The molecular formula is C28H31NO4. The van der Waals surface area contributed by atoms with E-state index in [0.29, 0.717) is 29.7 Å². The number of Topliss-reactive ketones (excluding diaryl/α,β-unsaturated/α-hetero) is 1. The van der Waals surface area contributed by atoms with Crippen molar-refractivity contribution in [1.82, 2.24) is 5.32 Å². The van der Waals surface area contributed by atoms with Crippen LogP contribution in [0, 0.1) is 5.41 Å². The van der Waals surface area contributed by atoms with Crippen LogP contribution in [0.25, 0.3) is 0 Å². The van der Waals surface area contributed by atoms with Gasteiger partial charge in [-0.05, 0) is 42.0 Å². The van der Waals surface area contributed by atoms with Crippen molar-refractivity contribution in [1.29, 1.82) is 0 Å². The number of nitrogens with one attached hydrogen (secondary N) is 1. The first-order chi connectivity index (χ1) is 15.8. The van der Waals surface area contributed by atoms with E-state index in [4.69, 9.17) is 9.47 Å². The summed E-state index contributed by atoms with van der Waals surface area (Å²) in [6, 6.07) is 17.5. The zero-order valence-corrected chi connectivity index (χ0v) is 19.7. The van der Waals surface area contributed by atoms with Gasteiger partial charge >= 0.3 is 5.97 Å². The van der Waals surface area contributed by atoms with Gasteiger partial charge in [-0.25, -0.2) is 4.79 Å². The highest BCUT2D eigenvalue weighted by atomic mass is 16.5. The fourth-order valence-electron chi connectivity index (χ4n) is 4.85. The van der Waals surface area contributed by atoms with Crippen LogP contribution in [-0.4, -0.2) is 25.5 Å². The van der Waals surface area contributed by atoms with Gasteiger partial charge in [-0.1, -0.05) is 56.3 Å². The van der Waals surface area contributed by atoms with Crippen LogP contribution < -0.4 is 10.1 Å². The normalized spacial score (nSPS) is 19.6. The molecule has 0 saturated heterocycles. The molecule has 1 aliphatic heterocycles. The Kier molecular flexibility index (Phi) is 6.41. The highest BCUT2D eigenvalue weighted by Gasteiger charge is 2.43. The largest absolute Gasteiger partial charge is 0.497 e. The molecular weight excluding hydrogens is 414 g/mol. The van der Waals surface area contributed by atoms with Crippen molar-refractivity contribution in [3.63, 3.8) is 0 Å². The number of methoxy groups -OCH3 is 1. The molecule has 4 rings (SSSR count). The molecule has 1 N–H and O–H groups in total. The van der Waals surface area contributed by atoms with Crippen LogP contribution in [0.1, 0.15) is 50.7 Å². The Morgan fingerprint density at radius 3 is 2.58 bits per heavy atom.